The van der Waals surface area contributed by atoms with E-state index in [4.69, 9.17) is 11.6 Å². The van der Waals surface area contributed by atoms with Gasteiger partial charge in [-0.1, -0.05) is 24.4 Å². The summed E-state index contributed by atoms with van der Waals surface area (Å²) in [6.07, 6.45) is 7.13. The van der Waals surface area contributed by atoms with E-state index in [0.29, 0.717) is 17.4 Å². The van der Waals surface area contributed by atoms with Crippen molar-refractivity contribution in [3.05, 3.63) is 16.7 Å². The van der Waals surface area contributed by atoms with E-state index in [9.17, 15) is 8.42 Å². The zero-order valence-electron chi connectivity index (χ0n) is 11.4. The molecule has 5 nitrogen and oxygen atoms in total. The second-order valence-corrected chi connectivity index (χ2v) is 8.82. The van der Waals surface area contributed by atoms with Gasteiger partial charge in [-0.15, -0.1) is 11.3 Å². The van der Waals surface area contributed by atoms with Crippen molar-refractivity contribution in [1.29, 1.82) is 0 Å². The molecule has 2 aromatic rings. The van der Waals surface area contributed by atoms with Crippen molar-refractivity contribution >= 4 is 37.9 Å². The van der Waals surface area contributed by atoms with E-state index in [2.05, 4.69) is 4.98 Å². The van der Waals surface area contributed by atoms with Gasteiger partial charge in [0.05, 0.1) is 0 Å². The van der Waals surface area contributed by atoms with Crippen molar-refractivity contribution in [1.82, 2.24) is 13.7 Å². The molecular formula is C13H16ClN3O2S2. The molecule has 114 valence electrons. The van der Waals surface area contributed by atoms with Crippen LogP contribution in [0.1, 0.15) is 32.1 Å². The van der Waals surface area contributed by atoms with E-state index in [1.807, 2.05) is 5.38 Å². The molecule has 2 atom stereocenters. The van der Waals surface area contributed by atoms with Crippen molar-refractivity contribution < 1.29 is 8.42 Å². The number of hydrogen-bond acceptors (Lipinski definition) is 4. The highest BCUT2D eigenvalue weighted by Crippen LogP contribution is 2.40. The molecular weight excluding hydrogens is 330 g/mol. The summed E-state index contributed by atoms with van der Waals surface area (Å²) in [5.41, 5.74) is 0. The normalized spacial score (nSPS) is 27.3. The minimum absolute atomic E-state index is 0.0844. The second kappa shape index (κ2) is 4.94. The summed E-state index contributed by atoms with van der Waals surface area (Å²) in [6, 6.07) is 0.143. The van der Waals surface area contributed by atoms with Crippen LogP contribution in [0, 0.1) is 5.92 Å². The van der Waals surface area contributed by atoms with E-state index < -0.39 is 10.0 Å². The number of sulfonamides is 1. The Kier molecular flexibility index (Phi) is 3.29. The molecule has 4 rings (SSSR count). The largest absolute Gasteiger partial charge is 0.279 e. The van der Waals surface area contributed by atoms with Crippen LogP contribution in [0.3, 0.4) is 0 Å². The number of halogens is 1. The van der Waals surface area contributed by atoms with Crippen LogP contribution in [0.2, 0.25) is 5.15 Å². The van der Waals surface area contributed by atoms with Crippen LogP contribution in [-0.4, -0.2) is 34.7 Å². The van der Waals surface area contributed by atoms with Crippen molar-refractivity contribution in [3.8, 4) is 0 Å². The van der Waals surface area contributed by atoms with Crippen molar-refractivity contribution in [2.75, 3.05) is 6.54 Å². The molecule has 0 radical (unpaired) electrons. The van der Waals surface area contributed by atoms with E-state index in [-0.39, 0.29) is 16.2 Å². The first-order valence-corrected chi connectivity index (χ1v) is 9.91. The second-order valence-electron chi connectivity index (χ2n) is 5.78. The third kappa shape index (κ3) is 2.05. The van der Waals surface area contributed by atoms with Gasteiger partial charge < -0.3 is 0 Å². The van der Waals surface area contributed by atoms with E-state index >= 15 is 0 Å². The van der Waals surface area contributed by atoms with Crippen LogP contribution in [0.4, 0.5) is 0 Å². The number of rotatable bonds is 2. The van der Waals surface area contributed by atoms with Crippen LogP contribution < -0.4 is 0 Å². The Balaban J connectivity index is 1.80. The molecule has 1 aliphatic carbocycles. The predicted octanol–water partition coefficient (Wildman–Crippen LogP) is 3.00. The van der Waals surface area contributed by atoms with Crippen molar-refractivity contribution in [3.63, 3.8) is 0 Å². The molecule has 2 fully saturated rings. The smallest absolute Gasteiger partial charge is 0.262 e. The van der Waals surface area contributed by atoms with Crippen LogP contribution in [0.15, 0.2) is 16.6 Å². The summed E-state index contributed by atoms with van der Waals surface area (Å²) in [5, 5.41) is 2.04. The van der Waals surface area contributed by atoms with Gasteiger partial charge in [-0.3, -0.25) is 4.40 Å². The Morgan fingerprint density at radius 2 is 2.10 bits per heavy atom. The minimum atomic E-state index is -3.58. The number of hydrogen-bond donors (Lipinski definition) is 0. The quantitative estimate of drug-likeness (QED) is 0.840. The summed E-state index contributed by atoms with van der Waals surface area (Å²) in [7, 11) is -3.58. The predicted molar refractivity (Wildman–Crippen MR) is 82.3 cm³/mol. The molecule has 0 aromatic carbocycles. The molecule has 3 heterocycles. The van der Waals surface area contributed by atoms with Gasteiger partial charge in [-0.25, -0.2) is 13.4 Å². The average Bonchev–Trinajstić information content (AvgIpc) is 3.10. The molecule has 2 aromatic heterocycles. The lowest BCUT2D eigenvalue weighted by Crippen LogP contribution is -2.39. The standard InChI is InChI=1S/C13H16ClN3O2S2/c14-11-12(16-7-8-20-13(16)15-11)21(18,19)17-6-5-9-3-1-2-4-10(9)17/h7-10H,1-6H2. The number of fused-ring (bicyclic) bond motifs is 2. The van der Waals surface area contributed by atoms with Crippen LogP contribution in [-0.2, 0) is 10.0 Å². The fraction of sp³-hybridized carbons (Fsp3) is 0.615. The topological polar surface area (TPSA) is 54.7 Å². The Labute approximate surface area is 132 Å². The van der Waals surface area contributed by atoms with E-state index in [0.717, 1.165) is 25.7 Å². The molecule has 0 N–H and O–H groups in total. The van der Waals surface area contributed by atoms with Crippen molar-refractivity contribution in [2.24, 2.45) is 5.92 Å². The van der Waals surface area contributed by atoms with E-state index in [1.165, 1.54) is 17.8 Å². The van der Waals surface area contributed by atoms with E-state index in [1.54, 1.807) is 14.9 Å². The van der Waals surface area contributed by atoms with Gasteiger partial charge >= 0.3 is 0 Å². The van der Waals surface area contributed by atoms with Gasteiger partial charge in [0.1, 0.15) is 0 Å². The number of nitrogens with zero attached hydrogens (tertiary/aromatic N) is 3. The molecule has 1 aliphatic heterocycles. The highest BCUT2D eigenvalue weighted by atomic mass is 35.5. The zero-order valence-corrected chi connectivity index (χ0v) is 13.8. The first-order chi connectivity index (χ1) is 10.1. The third-order valence-corrected chi connectivity index (χ3v) is 7.77. The highest BCUT2D eigenvalue weighted by Gasteiger charge is 2.44. The fourth-order valence-corrected chi connectivity index (χ4v) is 6.88. The first kappa shape index (κ1) is 14.0. The monoisotopic (exact) mass is 345 g/mol. The van der Waals surface area contributed by atoms with Gasteiger partial charge in [-0.05, 0) is 25.2 Å². The SMILES string of the molecule is O=S(=O)(c1c(Cl)nc2sccn12)N1CCC2CCCCC21. The summed E-state index contributed by atoms with van der Waals surface area (Å²) in [4.78, 5) is 4.78. The maximum absolute atomic E-state index is 13.1. The Bertz CT molecular complexity index is 783. The van der Waals surface area contributed by atoms with Gasteiger partial charge in [0.2, 0.25) is 0 Å². The molecule has 2 unspecified atom stereocenters. The summed E-state index contributed by atoms with van der Waals surface area (Å²) >= 11 is 7.50. The van der Waals surface area contributed by atoms with Crippen LogP contribution in [0.25, 0.3) is 4.96 Å². The third-order valence-electron chi connectivity index (χ3n) is 4.69. The number of thiazole rings is 1. The summed E-state index contributed by atoms with van der Waals surface area (Å²) in [6.45, 7) is 0.603. The number of imidazole rings is 1. The molecule has 1 saturated heterocycles. The summed E-state index contributed by atoms with van der Waals surface area (Å²) in [5.74, 6) is 0.512. The minimum Gasteiger partial charge on any atom is -0.279 e. The maximum Gasteiger partial charge on any atom is 0.262 e. The van der Waals surface area contributed by atoms with Crippen LogP contribution in [0.5, 0.6) is 0 Å². The van der Waals surface area contributed by atoms with Gasteiger partial charge in [0.25, 0.3) is 10.0 Å². The maximum atomic E-state index is 13.1. The lowest BCUT2D eigenvalue weighted by Gasteiger charge is -2.30. The molecule has 0 amide bonds. The highest BCUT2D eigenvalue weighted by molar-refractivity contribution is 7.89. The van der Waals surface area contributed by atoms with Crippen LogP contribution >= 0.6 is 22.9 Å². The molecule has 2 aliphatic rings. The lowest BCUT2D eigenvalue weighted by atomic mass is 9.86. The van der Waals surface area contributed by atoms with Gasteiger partial charge in [-0.2, -0.15) is 4.31 Å². The lowest BCUT2D eigenvalue weighted by molar-refractivity contribution is 0.260. The molecule has 8 heteroatoms. The Morgan fingerprint density at radius 3 is 2.95 bits per heavy atom. The zero-order chi connectivity index (χ0) is 14.6. The fourth-order valence-electron chi connectivity index (χ4n) is 3.74. The number of aromatic nitrogens is 2. The first-order valence-electron chi connectivity index (χ1n) is 7.22. The van der Waals surface area contributed by atoms with Crippen molar-refractivity contribution in [2.45, 2.75) is 43.2 Å². The Hall–Kier alpha value is -0.630. The molecule has 21 heavy (non-hydrogen) atoms. The Morgan fingerprint density at radius 1 is 1.29 bits per heavy atom. The molecule has 0 spiro atoms. The summed E-state index contributed by atoms with van der Waals surface area (Å²) < 4.78 is 29.4. The van der Waals surface area contributed by atoms with Gasteiger partial charge in [0.15, 0.2) is 15.1 Å². The average molecular weight is 346 g/mol. The molecule has 1 saturated carbocycles. The molecule has 0 bridgehead atoms. The van der Waals surface area contributed by atoms with Gasteiger partial charge in [0, 0.05) is 24.2 Å².